The van der Waals surface area contributed by atoms with E-state index in [0.717, 1.165) is 5.56 Å². The fourth-order valence-electron chi connectivity index (χ4n) is 1.26. The first kappa shape index (κ1) is 14.4. The largest absolute Gasteiger partial charge is 0.312 e. The summed E-state index contributed by atoms with van der Waals surface area (Å²) in [5.74, 6) is 0.0978. The van der Waals surface area contributed by atoms with E-state index in [2.05, 4.69) is 5.32 Å². The van der Waals surface area contributed by atoms with Gasteiger partial charge in [-0.2, -0.15) is 0 Å². The topological polar surface area (TPSA) is 49.4 Å². The van der Waals surface area contributed by atoms with Gasteiger partial charge < -0.3 is 5.32 Å². The van der Waals surface area contributed by atoms with Crippen LogP contribution in [0, 0.1) is 0 Å². The molecule has 0 spiro atoms. The number of hydrogen-bond acceptors (Lipinski definition) is 3. The van der Waals surface area contributed by atoms with E-state index in [9.17, 15) is 8.42 Å². The first-order valence-corrected chi connectivity index (χ1v) is 7.26. The lowest BCUT2D eigenvalue weighted by Crippen LogP contribution is -2.30. The molecule has 1 rings (SSSR count). The summed E-state index contributed by atoms with van der Waals surface area (Å²) in [4.78, 5) is 0. The van der Waals surface area contributed by atoms with Crippen molar-refractivity contribution in [2.45, 2.75) is 6.54 Å². The molecule has 96 valence electrons. The van der Waals surface area contributed by atoms with Gasteiger partial charge in [0, 0.05) is 32.2 Å². The average molecular weight is 277 g/mol. The van der Waals surface area contributed by atoms with E-state index in [-0.39, 0.29) is 5.75 Å². The molecule has 0 radical (unpaired) electrons. The van der Waals surface area contributed by atoms with Crippen LogP contribution < -0.4 is 5.32 Å². The Hall–Kier alpha value is -0.620. The summed E-state index contributed by atoms with van der Waals surface area (Å²) < 4.78 is 24.2. The summed E-state index contributed by atoms with van der Waals surface area (Å²) in [6, 6.07) is 7.48. The number of hydrogen-bond donors (Lipinski definition) is 1. The Labute approximate surface area is 108 Å². The molecule has 1 aromatic rings. The fraction of sp³-hybridized carbons (Fsp3) is 0.455. The highest BCUT2D eigenvalue weighted by molar-refractivity contribution is 7.89. The van der Waals surface area contributed by atoms with Gasteiger partial charge in [-0.15, -0.1) is 0 Å². The van der Waals surface area contributed by atoms with Crippen LogP contribution >= 0.6 is 11.6 Å². The number of halogens is 1. The van der Waals surface area contributed by atoms with E-state index in [0.29, 0.717) is 18.1 Å². The molecule has 0 bridgehead atoms. The molecule has 0 saturated heterocycles. The van der Waals surface area contributed by atoms with Crippen LogP contribution in [0.2, 0.25) is 5.02 Å². The van der Waals surface area contributed by atoms with Crippen LogP contribution in [-0.4, -0.2) is 39.1 Å². The lowest BCUT2D eigenvalue weighted by atomic mass is 10.2. The van der Waals surface area contributed by atoms with Gasteiger partial charge in [0.15, 0.2) is 0 Å². The fourth-order valence-corrected chi connectivity index (χ4v) is 2.24. The first-order chi connectivity index (χ1) is 7.92. The van der Waals surface area contributed by atoms with Crippen LogP contribution in [0.15, 0.2) is 24.3 Å². The van der Waals surface area contributed by atoms with Crippen LogP contribution in [0.4, 0.5) is 0 Å². The smallest absolute Gasteiger partial charge is 0.214 e. The molecule has 4 nitrogen and oxygen atoms in total. The van der Waals surface area contributed by atoms with Gasteiger partial charge in [-0.3, -0.25) is 0 Å². The van der Waals surface area contributed by atoms with Crippen LogP contribution in [0.1, 0.15) is 5.56 Å². The van der Waals surface area contributed by atoms with E-state index < -0.39 is 10.0 Å². The maximum absolute atomic E-state index is 11.5. The third kappa shape index (κ3) is 5.04. The molecule has 0 aromatic heterocycles. The maximum atomic E-state index is 11.5. The highest BCUT2D eigenvalue weighted by Crippen LogP contribution is 2.10. The second-order valence-corrected chi connectivity index (χ2v) is 6.64. The van der Waals surface area contributed by atoms with Gasteiger partial charge >= 0.3 is 0 Å². The number of benzene rings is 1. The Morgan fingerprint density at radius 2 is 2.06 bits per heavy atom. The van der Waals surface area contributed by atoms with Crippen LogP contribution in [0.5, 0.6) is 0 Å². The summed E-state index contributed by atoms with van der Waals surface area (Å²) in [7, 11) is -0.0480. The molecule has 0 aliphatic carbocycles. The van der Waals surface area contributed by atoms with Crippen LogP contribution in [0.25, 0.3) is 0 Å². The van der Waals surface area contributed by atoms with E-state index in [4.69, 9.17) is 11.6 Å². The number of nitrogens with one attached hydrogen (secondary N) is 1. The second kappa shape index (κ2) is 6.35. The predicted molar refractivity (Wildman–Crippen MR) is 70.6 cm³/mol. The van der Waals surface area contributed by atoms with Crippen molar-refractivity contribution in [2.24, 2.45) is 0 Å². The van der Waals surface area contributed by atoms with Crippen LogP contribution in [0.3, 0.4) is 0 Å². The Bertz CT molecular complexity index is 460. The van der Waals surface area contributed by atoms with Crippen molar-refractivity contribution < 1.29 is 8.42 Å². The SMILES string of the molecule is CN(C)S(=O)(=O)CCNCc1cccc(Cl)c1. The normalized spacial score (nSPS) is 12.0. The number of sulfonamides is 1. The van der Waals surface area contributed by atoms with Gasteiger partial charge in [-0.1, -0.05) is 23.7 Å². The molecule has 0 aliphatic heterocycles. The minimum atomic E-state index is -3.12. The quantitative estimate of drug-likeness (QED) is 0.798. The molecule has 1 aromatic carbocycles. The minimum absolute atomic E-state index is 0.0978. The molecule has 1 N–H and O–H groups in total. The molecular weight excluding hydrogens is 260 g/mol. The first-order valence-electron chi connectivity index (χ1n) is 5.27. The molecule has 0 heterocycles. The molecule has 6 heteroatoms. The van der Waals surface area contributed by atoms with Gasteiger partial charge in [0.1, 0.15) is 0 Å². The van der Waals surface area contributed by atoms with E-state index in [1.807, 2.05) is 24.3 Å². The van der Waals surface area contributed by atoms with Gasteiger partial charge in [0.2, 0.25) is 10.0 Å². The standard InChI is InChI=1S/C11H17ClN2O2S/c1-14(2)17(15,16)7-6-13-9-10-4-3-5-11(12)8-10/h3-5,8,13H,6-7,9H2,1-2H3. The summed E-state index contributed by atoms with van der Waals surface area (Å²) in [6.45, 7) is 1.04. The van der Waals surface area contributed by atoms with Gasteiger partial charge in [0.25, 0.3) is 0 Å². The molecular formula is C11H17ClN2O2S. The summed E-state index contributed by atoms with van der Waals surface area (Å²) >= 11 is 5.84. The van der Waals surface area contributed by atoms with Crippen molar-refractivity contribution in [3.63, 3.8) is 0 Å². The molecule has 0 fully saturated rings. The molecule has 0 amide bonds. The van der Waals surface area contributed by atoms with Gasteiger partial charge in [-0.05, 0) is 17.7 Å². The van der Waals surface area contributed by atoms with Crippen molar-refractivity contribution in [1.29, 1.82) is 0 Å². The monoisotopic (exact) mass is 276 g/mol. The summed E-state index contributed by atoms with van der Waals surface area (Å²) in [6.07, 6.45) is 0. The minimum Gasteiger partial charge on any atom is -0.312 e. The molecule has 0 unspecified atom stereocenters. The van der Waals surface area contributed by atoms with Crippen molar-refractivity contribution in [1.82, 2.24) is 9.62 Å². The van der Waals surface area contributed by atoms with Crippen molar-refractivity contribution in [3.05, 3.63) is 34.9 Å². The lowest BCUT2D eigenvalue weighted by Gasteiger charge is -2.11. The van der Waals surface area contributed by atoms with Crippen molar-refractivity contribution in [2.75, 3.05) is 26.4 Å². The zero-order chi connectivity index (χ0) is 12.9. The molecule has 17 heavy (non-hydrogen) atoms. The zero-order valence-electron chi connectivity index (χ0n) is 9.98. The summed E-state index contributed by atoms with van der Waals surface area (Å²) in [5.41, 5.74) is 1.04. The third-order valence-corrected chi connectivity index (χ3v) is 4.38. The lowest BCUT2D eigenvalue weighted by molar-refractivity contribution is 0.517. The zero-order valence-corrected chi connectivity index (χ0v) is 11.6. The van der Waals surface area contributed by atoms with E-state index >= 15 is 0 Å². The number of rotatable bonds is 6. The van der Waals surface area contributed by atoms with Gasteiger partial charge in [-0.25, -0.2) is 12.7 Å². The Balaban J connectivity index is 2.35. The summed E-state index contributed by atoms with van der Waals surface area (Å²) in [5, 5.41) is 3.76. The Morgan fingerprint density at radius 3 is 2.65 bits per heavy atom. The van der Waals surface area contributed by atoms with Crippen LogP contribution in [-0.2, 0) is 16.6 Å². The highest BCUT2D eigenvalue weighted by Gasteiger charge is 2.12. The second-order valence-electron chi connectivity index (χ2n) is 3.91. The van der Waals surface area contributed by atoms with Crippen molar-refractivity contribution >= 4 is 21.6 Å². The van der Waals surface area contributed by atoms with Gasteiger partial charge in [0.05, 0.1) is 5.75 Å². The highest BCUT2D eigenvalue weighted by atomic mass is 35.5. The third-order valence-electron chi connectivity index (χ3n) is 2.31. The molecule has 0 saturated carbocycles. The number of nitrogens with zero attached hydrogens (tertiary/aromatic N) is 1. The maximum Gasteiger partial charge on any atom is 0.214 e. The van der Waals surface area contributed by atoms with Crippen molar-refractivity contribution in [3.8, 4) is 0 Å². The van der Waals surface area contributed by atoms with E-state index in [1.54, 1.807) is 0 Å². The Morgan fingerprint density at radius 1 is 1.35 bits per heavy atom. The Kier molecular flexibility index (Phi) is 5.39. The van der Waals surface area contributed by atoms with E-state index in [1.165, 1.54) is 18.4 Å². The average Bonchev–Trinajstić information content (AvgIpc) is 2.24. The predicted octanol–water partition coefficient (Wildman–Crippen LogP) is 1.32. The molecule has 0 atom stereocenters. The molecule has 0 aliphatic rings.